The summed E-state index contributed by atoms with van der Waals surface area (Å²) in [5.41, 5.74) is -0.119. The van der Waals surface area contributed by atoms with E-state index >= 15 is 0 Å². The van der Waals surface area contributed by atoms with Gasteiger partial charge in [0.05, 0.1) is 18.7 Å². The molecule has 14 heavy (non-hydrogen) atoms. The van der Waals surface area contributed by atoms with E-state index in [4.69, 9.17) is 9.47 Å². The molecule has 1 aliphatic rings. The molecule has 0 spiro atoms. The maximum absolute atomic E-state index is 10.5. The summed E-state index contributed by atoms with van der Waals surface area (Å²) in [6, 6.07) is 0. The zero-order chi connectivity index (χ0) is 10.8. The lowest BCUT2D eigenvalue weighted by Gasteiger charge is -2.27. The fraction of sp³-hybridized carbons (Fsp3) is 0.700. The first kappa shape index (κ1) is 11.2. The Bertz CT molecular complexity index is 249. The van der Waals surface area contributed by atoms with Crippen molar-refractivity contribution >= 4 is 5.97 Å². The molecule has 0 amide bonds. The minimum Gasteiger partial charge on any atom is -0.545 e. The molecule has 0 bridgehead atoms. The predicted octanol–water partition coefficient (Wildman–Crippen LogP) is 0.0817. The summed E-state index contributed by atoms with van der Waals surface area (Å²) in [6.07, 6.45) is 1.57. The molecule has 4 nitrogen and oxygen atoms in total. The van der Waals surface area contributed by atoms with Crippen LogP contribution in [0.4, 0.5) is 0 Å². The van der Waals surface area contributed by atoms with Gasteiger partial charge < -0.3 is 19.4 Å². The maximum Gasteiger partial charge on any atom is 0.147 e. The zero-order valence-electron chi connectivity index (χ0n) is 8.70. The average molecular weight is 199 g/mol. The third kappa shape index (κ3) is 2.56. The van der Waals surface area contributed by atoms with Crippen molar-refractivity contribution in [3.63, 3.8) is 0 Å². The van der Waals surface area contributed by atoms with Crippen LogP contribution >= 0.6 is 0 Å². The van der Waals surface area contributed by atoms with Gasteiger partial charge in [-0.05, 0) is 12.5 Å². The second-order valence-corrected chi connectivity index (χ2v) is 4.08. The Morgan fingerprint density at radius 3 is 2.64 bits per heavy atom. The number of hydrogen-bond acceptors (Lipinski definition) is 4. The first-order valence-corrected chi connectivity index (χ1v) is 4.53. The Hall–Kier alpha value is -0.870. The van der Waals surface area contributed by atoms with Gasteiger partial charge in [-0.2, -0.15) is 0 Å². The molecule has 1 heterocycles. The lowest BCUT2D eigenvalue weighted by atomic mass is 9.85. The standard InChI is InChI=1S/C10H16O4/c1-7(9(11)12)4-10(2,3)8-5-13-6-14-8/h4,8H,5-6H2,1-3H3,(H,11,12)/p-1/b7-4+. The van der Waals surface area contributed by atoms with E-state index in [9.17, 15) is 9.90 Å². The molecule has 0 aromatic carbocycles. The Kier molecular flexibility index (Phi) is 3.29. The number of carbonyl (C=O) groups excluding carboxylic acids is 1. The average Bonchev–Trinajstić information content (AvgIpc) is 2.54. The van der Waals surface area contributed by atoms with Crippen LogP contribution in [0.2, 0.25) is 0 Å². The highest BCUT2D eigenvalue weighted by atomic mass is 16.7. The van der Waals surface area contributed by atoms with E-state index in [1.807, 2.05) is 13.8 Å². The molecule has 0 aromatic rings. The van der Waals surface area contributed by atoms with Crippen LogP contribution in [0.15, 0.2) is 11.6 Å². The van der Waals surface area contributed by atoms with Crippen LogP contribution in [0.25, 0.3) is 0 Å². The van der Waals surface area contributed by atoms with E-state index in [2.05, 4.69) is 0 Å². The minimum absolute atomic E-state index is 0.0863. The van der Waals surface area contributed by atoms with Gasteiger partial charge in [-0.15, -0.1) is 0 Å². The van der Waals surface area contributed by atoms with Crippen LogP contribution in [-0.2, 0) is 14.3 Å². The number of carboxylic acid groups (broad SMARTS) is 1. The van der Waals surface area contributed by atoms with Crippen molar-refractivity contribution in [3.8, 4) is 0 Å². The van der Waals surface area contributed by atoms with Gasteiger partial charge in [0.15, 0.2) is 0 Å². The highest BCUT2D eigenvalue weighted by Gasteiger charge is 2.32. The van der Waals surface area contributed by atoms with Gasteiger partial charge in [0.2, 0.25) is 0 Å². The van der Waals surface area contributed by atoms with Gasteiger partial charge in [0.1, 0.15) is 6.79 Å². The summed E-state index contributed by atoms with van der Waals surface area (Å²) in [6.45, 7) is 6.14. The van der Waals surface area contributed by atoms with Gasteiger partial charge in [-0.1, -0.05) is 19.9 Å². The number of aliphatic carboxylic acids is 1. The van der Waals surface area contributed by atoms with Gasteiger partial charge in [-0.25, -0.2) is 0 Å². The second kappa shape index (κ2) is 4.11. The minimum atomic E-state index is -1.14. The lowest BCUT2D eigenvalue weighted by Crippen LogP contribution is -2.31. The highest BCUT2D eigenvalue weighted by molar-refractivity contribution is 5.83. The molecule has 4 heteroatoms. The molecule has 0 saturated carbocycles. The van der Waals surface area contributed by atoms with E-state index in [0.717, 1.165) is 0 Å². The topological polar surface area (TPSA) is 58.6 Å². The maximum atomic E-state index is 10.5. The molecular formula is C10H15O4-. The molecule has 1 unspecified atom stereocenters. The summed E-state index contributed by atoms with van der Waals surface area (Å²) in [5.74, 6) is -1.14. The van der Waals surface area contributed by atoms with E-state index in [0.29, 0.717) is 6.61 Å². The lowest BCUT2D eigenvalue weighted by molar-refractivity contribution is -0.299. The van der Waals surface area contributed by atoms with Gasteiger partial charge in [0, 0.05) is 5.41 Å². The summed E-state index contributed by atoms with van der Waals surface area (Å²) in [7, 11) is 0. The van der Waals surface area contributed by atoms with Crippen molar-refractivity contribution in [2.45, 2.75) is 26.9 Å². The first-order valence-electron chi connectivity index (χ1n) is 4.53. The summed E-state index contributed by atoms with van der Waals surface area (Å²) >= 11 is 0. The third-order valence-corrected chi connectivity index (χ3v) is 2.36. The zero-order valence-corrected chi connectivity index (χ0v) is 8.70. The summed E-state index contributed by atoms with van der Waals surface area (Å²) in [5, 5.41) is 10.5. The Balaban J connectivity index is 2.73. The summed E-state index contributed by atoms with van der Waals surface area (Å²) in [4.78, 5) is 10.5. The van der Waals surface area contributed by atoms with Crippen LogP contribution in [0.1, 0.15) is 20.8 Å². The van der Waals surface area contributed by atoms with Crippen molar-refractivity contribution in [1.82, 2.24) is 0 Å². The number of rotatable bonds is 3. The molecule has 1 aliphatic heterocycles. The smallest absolute Gasteiger partial charge is 0.147 e. The van der Waals surface area contributed by atoms with Crippen LogP contribution < -0.4 is 5.11 Å². The van der Waals surface area contributed by atoms with Crippen molar-refractivity contribution in [2.75, 3.05) is 13.4 Å². The predicted molar refractivity (Wildman–Crippen MR) is 48.2 cm³/mol. The number of hydrogen-bond donors (Lipinski definition) is 0. The van der Waals surface area contributed by atoms with Crippen LogP contribution in [0, 0.1) is 5.41 Å². The fourth-order valence-electron chi connectivity index (χ4n) is 1.47. The normalized spacial score (nSPS) is 23.9. The summed E-state index contributed by atoms with van der Waals surface area (Å²) < 4.78 is 10.4. The molecule has 1 saturated heterocycles. The molecule has 0 aromatic heterocycles. The van der Waals surface area contributed by atoms with E-state index in [1.54, 1.807) is 6.08 Å². The van der Waals surface area contributed by atoms with Crippen molar-refractivity contribution in [2.24, 2.45) is 5.41 Å². The van der Waals surface area contributed by atoms with E-state index in [-0.39, 0.29) is 23.9 Å². The fourth-order valence-corrected chi connectivity index (χ4v) is 1.47. The van der Waals surface area contributed by atoms with Crippen LogP contribution in [0.3, 0.4) is 0 Å². The Labute approximate surface area is 83.5 Å². The van der Waals surface area contributed by atoms with Crippen molar-refractivity contribution in [1.29, 1.82) is 0 Å². The van der Waals surface area contributed by atoms with Gasteiger partial charge >= 0.3 is 0 Å². The van der Waals surface area contributed by atoms with Gasteiger partial charge in [0.25, 0.3) is 0 Å². The number of carbonyl (C=O) groups is 1. The van der Waals surface area contributed by atoms with E-state index < -0.39 is 5.97 Å². The molecule has 1 atom stereocenters. The largest absolute Gasteiger partial charge is 0.545 e. The number of carboxylic acids is 1. The molecule has 1 fully saturated rings. The third-order valence-electron chi connectivity index (χ3n) is 2.36. The van der Waals surface area contributed by atoms with Gasteiger partial charge in [-0.3, -0.25) is 0 Å². The molecule has 0 aliphatic carbocycles. The first-order chi connectivity index (χ1) is 6.43. The van der Waals surface area contributed by atoms with Crippen molar-refractivity contribution < 1.29 is 19.4 Å². The molecule has 0 radical (unpaired) electrons. The molecule has 80 valence electrons. The Morgan fingerprint density at radius 1 is 1.57 bits per heavy atom. The van der Waals surface area contributed by atoms with E-state index in [1.165, 1.54) is 6.92 Å². The SMILES string of the molecule is C/C(=C\C(C)(C)C1COCO1)C(=O)[O-]. The highest BCUT2D eigenvalue weighted by Crippen LogP contribution is 2.29. The molecule has 0 N–H and O–H groups in total. The second-order valence-electron chi connectivity index (χ2n) is 4.08. The Morgan fingerprint density at radius 2 is 2.21 bits per heavy atom. The van der Waals surface area contributed by atoms with Crippen LogP contribution in [-0.4, -0.2) is 25.5 Å². The number of ether oxygens (including phenoxy) is 2. The molecular weight excluding hydrogens is 184 g/mol. The molecule has 1 rings (SSSR count). The van der Waals surface area contributed by atoms with Crippen molar-refractivity contribution in [3.05, 3.63) is 11.6 Å². The quantitative estimate of drug-likeness (QED) is 0.604. The van der Waals surface area contributed by atoms with Crippen LogP contribution in [0.5, 0.6) is 0 Å². The monoisotopic (exact) mass is 199 g/mol.